The molecule has 0 saturated heterocycles. The van der Waals surface area contributed by atoms with Gasteiger partial charge in [0.2, 0.25) is 10.0 Å². The second-order valence-electron chi connectivity index (χ2n) is 7.20. The highest BCUT2D eigenvalue weighted by Crippen LogP contribution is 2.41. The van der Waals surface area contributed by atoms with Crippen molar-refractivity contribution in [2.45, 2.75) is 13.8 Å². The summed E-state index contributed by atoms with van der Waals surface area (Å²) in [4.78, 5) is 13.0. The zero-order valence-electron chi connectivity index (χ0n) is 16.8. The monoisotopic (exact) mass is 418 g/mol. The van der Waals surface area contributed by atoms with Gasteiger partial charge in [0.15, 0.2) is 0 Å². The quantitative estimate of drug-likeness (QED) is 0.592. The van der Waals surface area contributed by atoms with Crippen LogP contribution in [0, 0.1) is 6.92 Å². The van der Waals surface area contributed by atoms with Gasteiger partial charge in [-0.2, -0.15) is 0 Å². The Morgan fingerprint density at radius 2 is 1.60 bits per heavy atom. The SMILES string of the molecule is CCS(=O)(=O)Nc1ccc2c(c1)/C(=C(\c1ccccc1)c1ccc(C)cc1)C(=O)N2. The molecule has 4 rings (SSSR count). The number of fused-ring (bicyclic) bond motifs is 1. The van der Waals surface area contributed by atoms with Crippen LogP contribution in [0.2, 0.25) is 0 Å². The summed E-state index contributed by atoms with van der Waals surface area (Å²) in [5.74, 6) is -0.234. The van der Waals surface area contributed by atoms with E-state index in [1.807, 2.05) is 61.5 Å². The number of aryl methyl sites for hydroxylation is 1. The number of hydrogen-bond acceptors (Lipinski definition) is 3. The molecule has 1 heterocycles. The van der Waals surface area contributed by atoms with E-state index in [2.05, 4.69) is 10.0 Å². The molecule has 152 valence electrons. The topological polar surface area (TPSA) is 75.3 Å². The highest BCUT2D eigenvalue weighted by Gasteiger charge is 2.29. The Labute approximate surface area is 176 Å². The summed E-state index contributed by atoms with van der Waals surface area (Å²) in [6, 6.07) is 22.9. The van der Waals surface area contributed by atoms with Crippen molar-refractivity contribution in [3.8, 4) is 0 Å². The second kappa shape index (κ2) is 7.80. The predicted molar refractivity (Wildman–Crippen MR) is 122 cm³/mol. The van der Waals surface area contributed by atoms with Crippen LogP contribution in [0.1, 0.15) is 29.2 Å². The number of carbonyl (C=O) groups is 1. The third-order valence-corrected chi connectivity index (χ3v) is 6.38. The van der Waals surface area contributed by atoms with Gasteiger partial charge < -0.3 is 5.32 Å². The molecular formula is C24H22N2O3S. The normalized spacial score (nSPS) is 14.8. The molecule has 3 aromatic carbocycles. The van der Waals surface area contributed by atoms with E-state index >= 15 is 0 Å². The van der Waals surface area contributed by atoms with Crippen molar-refractivity contribution in [1.82, 2.24) is 0 Å². The van der Waals surface area contributed by atoms with Gasteiger partial charge in [-0.3, -0.25) is 9.52 Å². The lowest BCUT2D eigenvalue weighted by atomic mass is 9.89. The van der Waals surface area contributed by atoms with Crippen LogP contribution >= 0.6 is 0 Å². The maximum atomic E-state index is 13.0. The number of sulfonamides is 1. The fraction of sp³-hybridized carbons (Fsp3) is 0.125. The highest BCUT2D eigenvalue weighted by molar-refractivity contribution is 7.92. The molecule has 0 atom stereocenters. The third-order valence-electron chi connectivity index (χ3n) is 5.07. The summed E-state index contributed by atoms with van der Waals surface area (Å²) >= 11 is 0. The number of amides is 1. The number of rotatable bonds is 5. The molecule has 1 amide bonds. The molecule has 6 heteroatoms. The van der Waals surface area contributed by atoms with Gasteiger partial charge >= 0.3 is 0 Å². The van der Waals surface area contributed by atoms with Gasteiger partial charge in [0.1, 0.15) is 0 Å². The summed E-state index contributed by atoms with van der Waals surface area (Å²) in [5.41, 5.74) is 6.07. The van der Waals surface area contributed by atoms with Crippen LogP contribution in [0.4, 0.5) is 11.4 Å². The fourth-order valence-corrected chi connectivity index (χ4v) is 4.14. The van der Waals surface area contributed by atoms with E-state index < -0.39 is 10.0 Å². The number of anilines is 2. The summed E-state index contributed by atoms with van der Waals surface area (Å²) in [6.45, 7) is 3.60. The van der Waals surface area contributed by atoms with Crippen LogP contribution < -0.4 is 10.0 Å². The Hall–Kier alpha value is -3.38. The van der Waals surface area contributed by atoms with Crippen molar-refractivity contribution in [2.24, 2.45) is 0 Å². The zero-order chi connectivity index (χ0) is 21.3. The lowest BCUT2D eigenvalue weighted by Gasteiger charge is -2.13. The highest BCUT2D eigenvalue weighted by atomic mass is 32.2. The van der Waals surface area contributed by atoms with E-state index in [-0.39, 0.29) is 11.7 Å². The molecule has 0 aliphatic carbocycles. The minimum absolute atomic E-state index is 0.0252. The molecule has 0 radical (unpaired) electrons. The van der Waals surface area contributed by atoms with Gasteiger partial charge in [0, 0.05) is 22.5 Å². The van der Waals surface area contributed by atoms with Crippen LogP contribution in [0.25, 0.3) is 11.1 Å². The molecule has 0 unspecified atom stereocenters. The first kappa shape index (κ1) is 19.9. The number of hydrogen-bond donors (Lipinski definition) is 2. The first-order valence-electron chi connectivity index (χ1n) is 9.71. The largest absolute Gasteiger partial charge is 0.321 e. The fourth-order valence-electron chi connectivity index (χ4n) is 3.51. The summed E-state index contributed by atoms with van der Waals surface area (Å²) < 4.78 is 26.6. The van der Waals surface area contributed by atoms with E-state index in [9.17, 15) is 13.2 Å². The standard InChI is InChI=1S/C24H22N2O3S/c1-3-30(28,29)26-19-13-14-21-20(15-19)23(24(27)25-21)22(17-7-5-4-6-8-17)18-11-9-16(2)10-12-18/h4-15,26H,3H2,1-2H3,(H,25,27)/b23-22-. The summed E-state index contributed by atoms with van der Waals surface area (Å²) in [7, 11) is -3.42. The first-order chi connectivity index (χ1) is 14.4. The van der Waals surface area contributed by atoms with Crippen LogP contribution in [0.5, 0.6) is 0 Å². The van der Waals surface area contributed by atoms with Gasteiger partial charge in [0.25, 0.3) is 5.91 Å². The molecule has 2 N–H and O–H groups in total. The second-order valence-corrected chi connectivity index (χ2v) is 9.21. The third kappa shape index (κ3) is 3.86. The lowest BCUT2D eigenvalue weighted by Crippen LogP contribution is -2.14. The molecular weight excluding hydrogens is 396 g/mol. The molecule has 0 spiro atoms. The van der Waals surface area contributed by atoms with Crippen molar-refractivity contribution in [3.63, 3.8) is 0 Å². The Morgan fingerprint density at radius 1 is 0.933 bits per heavy atom. The summed E-state index contributed by atoms with van der Waals surface area (Å²) in [6.07, 6.45) is 0. The van der Waals surface area contributed by atoms with Gasteiger partial charge in [-0.1, -0.05) is 60.2 Å². The molecule has 0 fully saturated rings. The Balaban J connectivity index is 1.95. The smallest absolute Gasteiger partial charge is 0.257 e. The molecule has 3 aromatic rings. The Bertz CT molecular complexity index is 1250. The van der Waals surface area contributed by atoms with E-state index in [1.165, 1.54) is 0 Å². The van der Waals surface area contributed by atoms with Gasteiger partial charge in [-0.05, 0) is 43.2 Å². The molecule has 1 aliphatic rings. The maximum Gasteiger partial charge on any atom is 0.257 e. The van der Waals surface area contributed by atoms with E-state index in [4.69, 9.17) is 0 Å². The summed E-state index contributed by atoms with van der Waals surface area (Å²) in [5, 5.41) is 2.91. The Kier molecular flexibility index (Phi) is 5.18. The van der Waals surface area contributed by atoms with Gasteiger partial charge in [-0.15, -0.1) is 0 Å². The van der Waals surface area contributed by atoms with Crippen molar-refractivity contribution >= 4 is 38.5 Å². The van der Waals surface area contributed by atoms with Crippen molar-refractivity contribution < 1.29 is 13.2 Å². The lowest BCUT2D eigenvalue weighted by molar-refractivity contribution is -0.110. The molecule has 30 heavy (non-hydrogen) atoms. The van der Waals surface area contributed by atoms with E-state index in [0.717, 1.165) is 22.3 Å². The van der Waals surface area contributed by atoms with Gasteiger partial charge in [-0.25, -0.2) is 8.42 Å². The van der Waals surface area contributed by atoms with Crippen molar-refractivity contribution in [1.29, 1.82) is 0 Å². The van der Waals surface area contributed by atoms with Gasteiger partial charge in [0.05, 0.1) is 11.3 Å². The van der Waals surface area contributed by atoms with Crippen molar-refractivity contribution in [3.05, 3.63) is 95.1 Å². The molecule has 0 saturated carbocycles. The number of carbonyl (C=O) groups excluding carboxylic acids is 1. The Morgan fingerprint density at radius 3 is 2.27 bits per heavy atom. The average Bonchev–Trinajstić information content (AvgIpc) is 3.05. The average molecular weight is 419 g/mol. The predicted octanol–water partition coefficient (Wildman–Crippen LogP) is 4.67. The van der Waals surface area contributed by atoms with Crippen molar-refractivity contribution in [2.75, 3.05) is 15.8 Å². The van der Waals surface area contributed by atoms with Crippen LogP contribution in [-0.4, -0.2) is 20.1 Å². The number of nitrogens with one attached hydrogen (secondary N) is 2. The number of benzene rings is 3. The van der Waals surface area contributed by atoms with E-state index in [1.54, 1.807) is 25.1 Å². The molecule has 0 bridgehead atoms. The molecule has 0 aromatic heterocycles. The minimum atomic E-state index is -3.42. The van der Waals surface area contributed by atoms with Crippen LogP contribution in [0.3, 0.4) is 0 Å². The van der Waals surface area contributed by atoms with E-state index in [0.29, 0.717) is 22.5 Å². The maximum absolute atomic E-state index is 13.0. The van der Waals surface area contributed by atoms with Crippen LogP contribution in [0.15, 0.2) is 72.8 Å². The van der Waals surface area contributed by atoms with Crippen LogP contribution in [-0.2, 0) is 14.8 Å². The molecule has 1 aliphatic heterocycles. The first-order valence-corrected chi connectivity index (χ1v) is 11.4. The molecule has 5 nitrogen and oxygen atoms in total. The zero-order valence-corrected chi connectivity index (χ0v) is 17.6. The minimum Gasteiger partial charge on any atom is -0.321 e.